The number of nitrogens with zero attached hydrogens (tertiary/aromatic N) is 1. The first-order valence-corrected chi connectivity index (χ1v) is 9.82. The molecule has 2 aliphatic rings. The molecule has 2 aliphatic heterocycles. The second kappa shape index (κ2) is 7.97. The van der Waals surface area contributed by atoms with Crippen LogP contribution >= 0.6 is 0 Å². The zero-order valence-electron chi connectivity index (χ0n) is 16.4. The van der Waals surface area contributed by atoms with Crippen molar-refractivity contribution in [2.24, 2.45) is 5.92 Å². The fourth-order valence-corrected chi connectivity index (χ4v) is 4.40. The quantitative estimate of drug-likeness (QED) is 0.832. The summed E-state index contributed by atoms with van der Waals surface area (Å²) in [7, 11) is 0. The summed E-state index contributed by atoms with van der Waals surface area (Å²) in [6.45, 7) is 7.03. The summed E-state index contributed by atoms with van der Waals surface area (Å²) < 4.78 is 13.3. The Bertz CT molecular complexity index is 687. The third-order valence-corrected chi connectivity index (χ3v) is 5.46. The average molecular weight is 375 g/mol. The minimum atomic E-state index is -0.400. The van der Waals surface area contributed by atoms with Crippen LogP contribution in [-0.4, -0.2) is 47.4 Å². The van der Waals surface area contributed by atoms with E-state index in [1.165, 1.54) is 12.1 Å². The molecular weight excluding hydrogens is 345 g/mol. The van der Waals surface area contributed by atoms with Crippen LogP contribution in [0.25, 0.3) is 0 Å². The fraction of sp³-hybridized carbons (Fsp3) is 0.619. The second-order valence-corrected chi connectivity index (χ2v) is 8.91. The lowest BCUT2D eigenvalue weighted by molar-refractivity contribution is -0.125. The van der Waals surface area contributed by atoms with Crippen molar-refractivity contribution < 1.29 is 14.0 Å². The van der Waals surface area contributed by atoms with E-state index in [1.54, 1.807) is 12.1 Å². The van der Waals surface area contributed by atoms with Crippen LogP contribution in [0.3, 0.4) is 0 Å². The average Bonchev–Trinajstić information content (AvgIpc) is 2.80. The lowest BCUT2D eigenvalue weighted by Crippen LogP contribution is -2.52. The highest BCUT2D eigenvalue weighted by Crippen LogP contribution is 2.38. The number of nitrogens with one attached hydrogen (secondary N) is 2. The van der Waals surface area contributed by atoms with Crippen molar-refractivity contribution in [3.05, 3.63) is 35.6 Å². The maximum absolute atomic E-state index is 13.3. The molecule has 1 aromatic rings. The van der Waals surface area contributed by atoms with Crippen LogP contribution < -0.4 is 10.6 Å². The lowest BCUT2D eigenvalue weighted by atomic mass is 9.90. The van der Waals surface area contributed by atoms with Crippen molar-refractivity contribution in [2.75, 3.05) is 13.1 Å². The van der Waals surface area contributed by atoms with Gasteiger partial charge in [-0.15, -0.1) is 0 Å². The highest BCUT2D eigenvalue weighted by molar-refractivity contribution is 5.94. The van der Waals surface area contributed by atoms with Gasteiger partial charge in [0.2, 0.25) is 5.91 Å². The lowest BCUT2D eigenvalue weighted by Gasteiger charge is -2.39. The molecule has 1 aromatic carbocycles. The number of piperidine rings is 1. The summed E-state index contributed by atoms with van der Waals surface area (Å²) >= 11 is 0. The third-order valence-electron chi connectivity index (χ3n) is 5.46. The van der Waals surface area contributed by atoms with Gasteiger partial charge in [0.05, 0.1) is 6.54 Å². The van der Waals surface area contributed by atoms with Crippen LogP contribution in [0.15, 0.2) is 24.3 Å². The number of hydrogen-bond donors (Lipinski definition) is 2. The normalized spacial score (nSPS) is 25.3. The molecular formula is C21H30FN3O2. The molecule has 2 atom stereocenters. The minimum absolute atomic E-state index is 0.0808. The monoisotopic (exact) mass is 375 g/mol. The van der Waals surface area contributed by atoms with Gasteiger partial charge in [-0.3, -0.25) is 14.5 Å². The first-order chi connectivity index (χ1) is 12.7. The highest BCUT2D eigenvalue weighted by Gasteiger charge is 2.41. The van der Waals surface area contributed by atoms with Crippen molar-refractivity contribution in [3.63, 3.8) is 0 Å². The Hall–Kier alpha value is -1.95. The van der Waals surface area contributed by atoms with Crippen LogP contribution in [0.2, 0.25) is 0 Å². The topological polar surface area (TPSA) is 61.4 Å². The van der Waals surface area contributed by atoms with E-state index in [1.807, 2.05) is 20.8 Å². The SMILES string of the molecule is CC(C)(C)NC(=O)CN1C2CCC1CC(CNC(=O)c1cccc(F)c1)C2. The number of carbonyl (C=O) groups excluding carboxylic acids is 2. The standard InChI is InChI=1S/C21H30FN3O2/c1-21(2,3)24-19(26)13-25-17-7-8-18(25)10-14(9-17)12-23-20(27)15-5-4-6-16(22)11-15/h4-6,11,14,17-18H,7-10,12-13H2,1-3H3,(H,23,27)(H,24,26). The van der Waals surface area contributed by atoms with Gasteiger partial charge in [-0.25, -0.2) is 4.39 Å². The Morgan fingerprint density at radius 2 is 1.85 bits per heavy atom. The zero-order chi connectivity index (χ0) is 19.6. The molecule has 3 rings (SSSR count). The van der Waals surface area contributed by atoms with Crippen LogP contribution in [0.1, 0.15) is 56.8 Å². The molecule has 0 saturated carbocycles. The van der Waals surface area contributed by atoms with Gasteiger partial charge < -0.3 is 10.6 Å². The van der Waals surface area contributed by atoms with Crippen LogP contribution in [-0.2, 0) is 4.79 Å². The number of fused-ring (bicyclic) bond motifs is 2. The van der Waals surface area contributed by atoms with Gasteiger partial charge in [0.25, 0.3) is 5.91 Å². The third kappa shape index (κ3) is 5.28. The Labute approximate surface area is 160 Å². The van der Waals surface area contributed by atoms with E-state index in [0.717, 1.165) is 25.7 Å². The predicted octanol–water partition coefficient (Wildman–Crippen LogP) is 2.71. The summed E-state index contributed by atoms with van der Waals surface area (Å²) in [4.78, 5) is 26.8. The maximum Gasteiger partial charge on any atom is 0.251 e. The molecule has 2 saturated heterocycles. The van der Waals surface area contributed by atoms with Crippen LogP contribution in [0.5, 0.6) is 0 Å². The smallest absolute Gasteiger partial charge is 0.251 e. The largest absolute Gasteiger partial charge is 0.352 e. The van der Waals surface area contributed by atoms with Crippen molar-refractivity contribution in [1.29, 1.82) is 0 Å². The Morgan fingerprint density at radius 3 is 2.44 bits per heavy atom. The molecule has 148 valence electrons. The summed E-state index contributed by atoms with van der Waals surface area (Å²) in [6.07, 6.45) is 4.20. The molecule has 2 bridgehead atoms. The Balaban J connectivity index is 1.50. The number of hydrogen-bond acceptors (Lipinski definition) is 3. The van der Waals surface area contributed by atoms with Crippen LogP contribution in [0, 0.1) is 11.7 Å². The summed E-state index contributed by atoms with van der Waals surface area (Å²) in [5, 5.41) is 5.99. The first-order valence-electron chi connectivity index (χ1n) is 9.82. The van der Waals surface area contributed by atoms with Gasteiger partial charge in [-0.2, -0.15) is 0 Å². The molecule has 2 N–H and O–H groups in total. The van der Waals surface area contributed by atoms with E-state index in [9.17, 15) is 14.0 Å². The zero-order valence-corrected chi connectivity index (χ0v) is 16.4. The first kappa shape index (κ1) is 19.8. The van der Waals surface area contributed by atoms with Crippen molar-refractivity contribution in [1.82, 2.24) is 15.5 Å². The molecule has 2 amide bonds. The second-order valence-electron chi connectivity index (χ2n) is 8.91. The van der Waals surface area contributed by atoms with Gasteiger partial charge >= 0.3 is 0 Å². The minimum Gasteiger partial charge on any atom is -0.352 e. The molecule has 0 aromatic heterocycles. The van der Waals surface area contributed by atoms with Crippen molar-refractivity contribution in [3.8, 4) is 0 Å². The van der Waals surface area contributed by atoms with Gasteiger partial charge in [0, 0.05) is 29.7 Å². The molecule has 2 unspecified atom stereocenters. The fourth-order valence-electron chi connectivity index (χ4n) is 4.40. The summed E-state index contributed by atoms with van der Waals surface area (Å²) in [5.74, 6) is -0.143. The van der Waals surface area contributed by atoms with Gasteiger partial charge in [0.1, 0.15) is 5.82 Å². The number of halogens is 1. The molecule has 2 fully saturated rings. The highest BCUT2D eigenvalue weighted by atomic mass is 19.1. The summed E-state index contributed by atoms with van der Waals surface area (Å²) in [6, 6.07) is 6.58. The van der Waals surface area contributed by atoms with E-state index in [-0.39, 0.29) is 17.4 Å². The molecule has 2 heterocycles. The van der Waals surface area contributed by atoms with E-state index in [2.05, 4.69) is 15.5 Å². The molecule has 0 aliphatic carbocycles. The number of benzene rings is 1. The molecule has 5 nitrogen and oxygen atoms in total. The molecule has 0 radical (unpaired) electrons. The maximum atomic E-state index is 13.3. The summed E-state index contributed by atoms with van der Waals surface area (Å²) in [5.41, 5.74) is 0.143. The van der Waals surface area contributed by atoms with E-state index in [0.29, 0.717) is 36.7 Å². The molecule has 0 spiro atoms. The van der Waals surface area contributed by atoms with E-state index >= 15 is 0 Å². The van der Waals surface area contributed by atoms with Crippen LogP contribution in [0.4, 0.5) is 4.39 Å². The van der Waals surface area contributed by atoms with Gasteiger partial charge in [0.15, 0.2) is 0 Å². The molecule has 6 heteroatoms. The van der Waals surface area contributed by atoms with Crippen molar-refractivity contribution in [2.45, 2.75) is 64.1 Å². The number of carbonyl (C=O) groups is 2. The number of rotatable bonds is 5. The predicted molar refractivity (Wildman–Crippen MR) is 103 cm³/mol. The Kier molecular flexibility index (Phi) is 5.84. The van der Waals surface area contributed by atoms with E-state index < -0.39 is 5.82 Å². The van der Waals surface area contributed by atoms with Crippen molar-refractivity contribution >= 4 is 11.8 Å². The number of amides is 2. The molecule has 27 heavy (non-hydrogen) atoms. The Morgan fingerprint density at radius 1 is 1.19 bits per heavy atom. The van der Waals surface area contributed by atoms with E-state index in [4.69, 9.17) is 0 Å². The van der Waals surface area contributed by atoms with Gasteiger partial charge in [-0.1, -0.05) is 6.07 Å². The van der Waals surface area contributed by atoms with Gasteiger partial charge in [-0.05, 0) is 70.6 Å².